The highest BCUT2D eigenvalue weighted by Crippen LogP contribution is 2.61. The van der Waals surface area contributed by atoms with Crippen LogP contribution in [-0.4, -0.2) is 14.2 Å². The van der Waals surface area contributed by atoms with Gasteiger partial charge in [0.05, 0.1) is 18.9 Å². The second kappa shape index (κ2) is 10.3. The van der Waals surface area contributed by atoms with Crippen molar-refractivity contribution in [3.8, 4) is 28.4 Å². The van der Waals surface area contributed by atoms with E-state index in [0.29, 0.717) is 11.8 Å². The number of rotatable bonds is 4. The molecule has 3 aliphatic rings. The molecule has 0 saturated heterocycles. The van der Waals surface area contributed by atoms with Crippen LogP contribution in [0.2, 0.25) is 0 Å². The van der Waals surface area contributed by atoms with Crippen molar-refractivity contribution < 1.29 is 14.2 Å². The van der Waals surface area contributed by atoms with Crippen LogP contribution in [0, 0.1) is 0 Å². The van der Waals surface area contributed by atoms with Gasteiger partial charge in [-0.1, -0.05) is 85.6 Å². The second-order valence-electron chi connectivity index (χ2n) is 12.5. The van der Waals surface area contributed by atoms with Crippen LogP contribution in [-0.2, 0) is 5.60 Å². The van der Waals surface area contributed by atoms with E-state index in [1.807, 2.05) is 35.6 Å². The second-order valence-corrected chi connectivity index (χ2v) is 13.6. The van der Waals surface area contributed by atoms with E-state index in [0.717, 1.165) is 28.4 Å². The molecule has 45 heavy (non-hydrogen) atoms. The largest absolute Gasteiger partial charge is 0.497 e. The third kappa shape index (κ3) is 3.88. The van der Waals surface area contributed by atoms with E-state index < -0.39 is 5.60 Å². The molecule has 3 nitrogen and oxygen atoms in total. The van der Waals surface area contributed by atoms with Crippen molar-refractivity contribution in [1.82, 2.24) is 0 Å². The number of methoxy groups -OCH3 is 2. The Morgan fingerprint density at radius 1 is 0.733 bits per heavy atom. The molecule has 0 N–H and O–H groups in total. The van der Waals surface area contributed by atoms with Crippen LogP contribution in [0.15, 0.2) is 103 Å². The summed E-state index contributed by atoms with van der Waals surface area (Å²) in [6, 6.07) is 34.7. The SMILES string of the molecule is COc1ccc(C2(c3ccc(OC)cc3)C=Cc3c4c(c5c(sc6ccccc65)c3O2)-c2ccccc2C2CCCCC42)cc1. The molecule has 2 unspecified atom stereocenters. The Labute approximate surface area is 267 Å². The van der Waals surface area contributed by atoms with Crippen LogP contribution in [0.5, 0.6) is 17.2 Å². The highest BCUT2D eigenvalue weighted by molar-refractivity contribution is 7.26. The molecule has 2 atom stereocenters. The van der Waals surface area contributed by atoms with E-state index in [1.54, 1.807) is 14.2 Å². The van der Waals surface area contributed by atoms with Gasteiger partial charge in [0.15, 0.2) is 5.60 Å². The van der Waals surface area contributed by atoms with Gasteiger partial charge in [-0.05, 0) is 83.3 Å². The summed E-state index contributed by atoms with van der Waals surface area (Å²) >= 11 is 1.86. The van der Waals surface area contributed by atoms with Crippen LogP contribution in [0.3, 0.4) is 0 Å². The number of benzene rings is 5. The van der Waals surface area contributed by atoms with E-state index in [1.165, 1.54) is 73.7 Å². The fraction of sp³-hybridized carbons (Fsp3) is 0.220. The minimum absolute atomic E-state index is 0.475. The first-order valence-electron chi connectivity index (χ1n) is 16.0. The van der Waals surface area contributed by atoms with Crippen LogP contribution >= 0.6 is 11.3 Å². The predicted octanol–water partition coefficient (Wildman–Crippen LogP) is 10.8. The van der Waals surface area contributed by atoms with Crippen molar-refractivity contribution in [1.29, 1.82) is 0 Å². The molecule has 0 radical (unpaired) electrons. The topological polar surface area (TPSA) is 27.7 Å². The summed E-state index contributed by atoms with van der Waals surface area (Å²) in [4.78, 5) is 0. The Bertz CT molecular complexity index is 2070. The summed E-state index contributed by atoms with van der Waals surface area (Å²) in [5.41, 5.74) is 8.40. The van der Waals surface area contributed by atoms with E-state index in [4.69, 9.17) is 14.2 Å². The average Bonchev–Trinajstić information content (AvgIpc) is 3.51. The fourth-order valence-corrected chi connectivity index (χ4v) is 9.55. The van der Waals surface area contributed by atoms with Crippen LogP contribution in [0.4, 0.5) is 0 Å². The third-order valence-corrected chi connectivity index (χ3v) is 11.6. The van der Waals surface area contributed by atoms with Crippen molar-refractivity contribution in [3.05, 3.63) is 131 Å². The van der Waals surface area contributed by atoms with Gasteiger partial charge in [-0.3, -0.25) is 0 Å². The number of ether oxygens (including phenoxy) is 3. The predicted molar refractivity (Wildman–Crippen MR) is 185 cm³/mol. The maximum absolute atomic E-state index is 7.56. The van der Waals surface area contributed by atoms with Crippen LogP contribution < -0.4 is 14.2 Å². The van der Waals surface area contributed by atoms with Crippen LogP contribution in [0.25, 0.3) is 37.4 Å². The first-order valence-corrected chi connectivity index (χ1v) is 16.8. The maximum Gasteiger partial charge on any atom is 0.178 e. The van der Waals surface area contributed by atoms with Gasteiger partial charge in [0.1, 0.15) is 17.2 Å². The fourth-order valence-electron chi connectivity index (χ4n) is 8.35. The van der Waals surface area contributed by atoms with E-state index in [2.05, 4.69) is 84.9 Å². The van der Waals surface area contributed by atoms with E-state index in [-0.39, 0.29) is 0 Å². The molecule has 1 aromatic heterocycles. The molecule has 1 aliphatic heterocycles. The summed E-state index contributed by atoms with van der Waals surface area (Å²) < 4.78 is 21.2. The summed E-state index contributed by atoms with van der Waals surface area (Å²) in [6.07, 6.45) is 9.69. The minimum Gasteiger partial charge on any atom is -0.497 e. The summed E-state index contributed by atoms with van der Waals surface area (Å²) in [7, 11) is 3.42. The van der Waals surface area contributed by atoms with E-state index >= 15 is 0 Å². The molecule has 1 fully saturated rings. The lowest BCUT2D eigenvalue weighted by molar-refractivity contribution is 0.163. The van der Waals surface area contributed by atoms with Gasteiger partial charge in [0.25, 0.3) is 0 Å². The van der Waals surface area contributed by atoms with Crippen molar-refractivity contribution in [2.45, 2.75) is 43.1 Å². The Hall–Kier alpha value is -4.54. The Morgan fingerprint density at radius 3 is 2.09 bits per heavy atom. The monoisotopic (exact) mass is 606 g/mol. The molecule has 0 amide bonds. The summed E-state index contributed by atoms with van der Waals surface area (Å²) in [5.74, 6) is 3.67. The van der Waals surface area contributed by atoms with Crippen molar-refractivity contribution in [2.24, 2.45) is 0 Å². The zero-order valence-corrected chi connectivity index (χ0v) is 26.3. The molecule has 0 spiro atoms. The van der Waals surface area contributed by atoms with Gasteiger partial charge in [-0.15, -0.1) is 11.3 Å². The lowest BCUT2D eigenvalue weighted by Gasteiger charge is -2.43. The number of hydrogen-bond acceptors (Lipinski definition) is 4. The molecule has 9 rings (SSSR count). The molecule has 5 aromatic carbocycles. The molecular formula is C41H34O3S. The average molecular weight is 607 g/mol. The Morgan fingerprint density at radius 2 is 1.38 bits per heavy atom. The van der Waals surface area contributed by atoms with Gasteiger partial charge in [0, 0.05) is 32.2 Å². The molecule has 4 heteroatoms. The lowest BCUT2D eigenvalue weighted by atomic mass is 9.63. The number of thiophene rings is 1. The number of hydrogen-bond donors (Lipinski definition) is 0. The molecule has 6 aromatic rings. The molecule has 222 valence electrons. The molecular weight excluding hydrogens is 573 g/mol. The quantitative estimate of drug-likeness (QED) is 0.200. The molecule has 0 bridgehead atoms. The van der Waals surface area contributed by atoms with Gasteiger partial charge < -0.3 is 14.2 Å². The zero-order chi connectivity index (χ0) is 30.1. The van der Waals surface area contributed by atoms with Crippen molar-refractivity contribution in [3.63, 3.8) is 0 Å². The van der Waals surface area contributed by atoms with Gasteiger partial charge in [-0.2, -0.15) is 0 Å². The highest BCUT2D eigenvalue weighted by atomic mass is 32.1. The van der Waals surface area contributed by atoms with Crippen LogP contribution in [0.1, 0.15) is 65.3 Å². The van der Waals surface area contributed by atoms with Gasteiger partial charge in [0.2, 0.25) is 0 Å². The third-order valence-electron chi connectivity index (χ3n) is 10.4. The van der Waals surface area contributed by atoms with Crippen molar-refractivity contribution >= 4 is 37.6 Å². The van der Waals surface area contributed by atoms with Gasteiger partial charge >= 0.3 is 0 Å². The number of fused-ring (bicyclic) bond motifs is 13. The Kier molecular flexibility index (Phi) is 6.11. The van der Waals surface area contributed by atoms with Gasteiger partial charge in [-0.25, -0.2) is 0 Å². The molecule has 1 saturated carbocycles. The maximum atomic E-state index is 7.56. The minimum atomic E-state index is -0.818. The summed E-state index contributed by atoms with van der Waals surface area (Å²) in [6.45, 7) is 0. The van der Waals surface area contributed by atoms with Crippen molar-refractivity contribution in [2.75, 3.05) is 14.2 Å². The summed E-state index contributed by atoms with van der Waals surface area (Å²) in [5, 5.41) is 2.66. The van der Waals surface area contributed by atoms with E-state index in [9.17, 15) is 0 Å². The normalized spacial score (nSPS) is 19.2. The first-order chi connectivity index (χ1) is 22.2. The lowest BCUT2D eigenvalue weighted by Crippen LogP contribution is -2.35. The standard InChI is InChI=1S/C41H34O3S/c1-42-27-19-15-25(16-20-27)41(26-17-21-28(43-2)22-18-26)24-23-34-36-31-11-5-3-9-29(31)30-10-4-6-12-32(30)37(36)38-33-13-7-8-14-35(33)45-40(38)39(34)44-41/h4,6-8,10,12-24,29,31H,3,5,9,11H2,1-2H3. The first kappa shape index (κ1) is 26.8. The molecule has 2 aliphatic carbocycles. The molecule has 2 heterocycles. The highest BCUT2D eigenvalue weighted by Gasteiger charge is 2.43. The Balaban J connectivity index is 1.37. The zero-order valence-electron chi connectivity index (χ0n) is 25.5. The smallest absolute Gasteiger partial charge is 0.178 e.